The van der Waals surface area contributed by atoms with Crippen LogP contribution in [0.4, 0.5) is 0 Å². The maximum atomic E-state index is 6.07. The molecule has 0 amide bonds. The average molecular weight is 246 g/mol. The quantitative estimate of drug-likeness (QED) is 0.560. The van der Waals surface area contributed by atoms with Crippen molar-refractivity contribution in [2.45, 2.75) is 22.0 Å². The van der Waals surface area contributed by atoms with Gasteiger partial charge in [-0.05, 0) is 18.9 Å². The first-order valence-corrected chi connectivity index (χ1v) is 4.97. The van der Waals surface area contributed by atoms with Crippen molar-refractivity contribution in [2.24, 2.45) is 0 Å². The molecule has 0 saturated carbocycles. The van der Waals surface area contributed by atoms with E-state index >= 15 is 0 Å². The van der Waals surface area contributed by atoms with Gasteiger partial charge in [-0.15, -0.1) is 11.6 Å². The van der Waals surface area contributed by atoms with Crippen molar-refractivity contribution in [1.29, 1.82) is 0 Å². The van der Waals surface area contributed by atoms with Crippen LogP contribution in [-0.2, 0) is 0 Å². The molecule has 1 aliphatic rings. The van der Waals surface area contributed by atoms with Gasteiger partial charge in [0.2, 0.25) is 3.79 Å². The van der Waals surface area contributed by atoms with Crippen LogP contribution in [-0.4, -0.2) is 8.67 Å². The van der Waals surface area contributed by atoms with E-state index in [0.29, 0.717) is 6.42 Å². The van der Waals surface area contributed by atoms with Crippen LogP contribution in [0.25, 0.3) is 0 Å². The van der Waals surface area contributed by atoms with Crippen LogP contribution in [0.5, 0.6) is 0 Å². The maximum absolute atomic E-state index is 6.07. The Morgan fingerprint density at radius 2 is 2.00 bits per heavy atom. The number of rotatable bonds is 0. The zero-order valence-electron chi connectivity index (χ0n) is 6.45. The van der Waals surface area contributed by atoms with E-state index in [1.54, 1.807) is 6.08 Å². The van der Waals surface area contributed by atoms with Gasteiger partial charge in [0.25, 0.3) is 0 Å². The molecule has 1 atom stereocenters. The van der Waals surface area contributed by atoms with Gasteiger partial charge in [0.05, 0.1) is 4.87 Å². The Morgan fingerprint density at radius 1 is 1.42 bits per heavy atom. The molecular formula is C8H8Cl4. The molecule has 0 nitrogen and oxygen atoms in total. The summed E-state index contributed by atoms with van der Waals surface area (Å²) in [6, 6.07) is 0. The Kier molecular flexibility index (Phi) is 3.05. The molecule has 0 radical (unpaired) electrons. The predicted octanol–water partition coefficient (Wildman–Crippen LogP) is 4.24. The standard InChI is InChI=1S/C8H8Cl4/c1-7(9)4-2-3-6(5-7)8(10,11)12/h2-4H,5H2,1H3. The van der Waals surface area contributed by atoms with Crippen LogP contribution >= 0.6 is 46.4 Å². The van der Waals surface area contributed by atoms with Crippen molar-refractivity contribution in [2.75, 3.05) is 0 Å². The minimum absolute atomic E-state index is 0.423. The van der Waals surface area contributed by atoms with Gasteiger partial charge in [0.1, 0.15) is 0 Å². The first kappa shape index (κ1) is 10.7. The van der Waals surface area contributed by atoms with Gasteiger partial charge in [-0.2, -0.15) is 0 Å². The van der Waals surface area contributed by atoms with Gasteiger partial charge < -0.3 is 0 Å². The molecule has 0 aromatic heterocycles. The Morgan fingerprint density at radius 3 is 2.33 bits per heavy atom. The second kappa shape index (κ2) is 3.42. The van der Waals surface area contributed by atoms with E-state index in [9.17, 15) is 0 Å². The Labute approximate surface area is 92.1 Å². The zero-order chi connectivity index (χ0) is 9.41. The Hall–Kier alpha value is 0.640. The summed E-state index contributed by atoms with van der Waals surface area (Å²) < 4.78 is -1.33. The third-order valence-electron chi connectivity index (χ3n) is 1.64. The molecule has 0 heterocycles. The lowest BCUT2D eigenvalue weighted by atomic mass is 9.96. The molecule has 1 unspecified atom stereocenters. The van der Waals surface area contributed by atoms with Gasteiger partial charge in [0.15, 0.2) is 0 Å². The Bertz CT molecular complexity index is 232. The molecule has 1 aliphatic carbocycles. The molecule has 0 saturated heterocycles. The third-order valence-corrected chi connectivity index (χ3v) is 2.63. The van der Waals surface area contributed by atoms with Gasteiger partial charge >= 0.3 is 0 Å². The molecule has 0 bridgehead atoms. The summed E-state index contributed by atoms with van der Waals surface area (Å²) in [6.07, 6.45) is 6.06. The number of hydrogen-bond donors (Lipinski definition) is 0. The van der Waals surface area contributed by atoms with E-state index < -0.39 is 8.67 Å². The minimum atomic E-state index is -1.33. The van der Waals surface area contributed by atoms with Crippen LogP contribution in [0.15, 0.2) is 23.8 Å². The molecule has 1 rings (SSSR count). The lowest BCUT2D eigenvalue weighted by Crippen LogP contribution is -2.21. The van der Waals surface area contributed by atoms with Crippen LogP contribution in [0, 0.1) is 0 Å². The summed E-state index contributed by atoms with van der Waals surface area (Å²) >= 11 is 23.2. The summed E-state index contributed by atoms with van der Waals surface area (Å²) in [5, 5.41) is 0. The Balaban J connectivity index is 2.84. The topological polar surface area (TPSA) is 0 Å². The number of alkyl halides is 4. The molecule has 0 aliphatic heterocycles. The lowest BCUT2D eigenvalue weighted by Gasteiger charge is -2.26. The van der Waals surface area contributed by atoms with Crippen LogP contribution in [0.1, 0.15) is 13.3 Å². The highest BCUT2D eigenvalue weighted by molar-refractivity contribution is 6.69. The van der Waals surface area contributed by atoms with Crippen molar-refractivity contribution in [3.63, 3.8) is 0 Å². The second-order valence-corrected chi connectivity index (χ2v) is 6.15. The normalized spacial score (nSPS) is 30.2. The SMILES string of the molecule is CC1(Cl)C=CC=C(C(Cl)(Cl)Cl)C1. The van der Waals surface area contributed by atoms with Crippen LogP contribution in [0.2, 0.25) is 0 Å². The van der Waals surface area contributed by atoms with E-state index in [2.05, 4.69) is 0 Å². The fourth-order valence-electron chi connectivity index (χ4n) is 1.05. The van der Waals surface area contributed by atoms with E-state index in [4.69, 9.17) is 46.4 Å². The van der Waals surface area contributed by atoms with Crippen molar-refractivity contribution >= 4 is 46.4 Å². The highest BCUT2D eigenvalue weighted by atomic mass is 35.6. The van der Waals surface area contributed by atoms with Gasteiger partial charge in [-0.3, -0.25) is 0 Å². The largest absolute Gasteiger partial charge is 0.212 e. The summed E-state index contributed by atoms with van der Waals surface area (Å²) in [5.74, 6) is 0. The van der Waals surface area contributed by atoms with Crippen molar-refractivity contribution in [3.05, 3.63) is 23.8 Å². The monoisotopic (exact) mass is 244 g/mol. The average Bonchev–Trinajstić information content (AvgIpc) is 1.83. The molecule has 0 N–H and O–H groups in total. The summed E-state index contributed by atoms with van der Waals surface area (Å²) in [4.78, 5) is -0.423. The first-order chi connectivity index (χ1) is 5.31. The number of halogens is 4. The molecule has 12 heavy (non-hydrogen) atoms. The smallest absolute Gasteiger partial charge is 0.115 e. The van der Waals surface area contributed by atoms with E-state index in [0.717, 1.165) is 5.57 Å². The summed E-state index contributed by atoms with van der Waals surface area (Å²) in [5.41, 5.74) is 0.729. The molecule has 0 aromatic rings. The fourth-order valence-corrected chi connectivity index (χ4v) is 1.66. The van der Waals surface area contributed by atoms with E-state index in [1.165, 1.54) is 0 Å². The maximum Gasteiger partial charge on any atom is 0.212 e. The molecule has 68 valence electrons. The fraction of sp³-hybridized carbons (Fsp3) is 0.500. The van der Waals surface area contributed by atoms with Gasteiger partial charge in [-0.25, -0.2) is 0 Å². The van der Waals surface area contributed by atoms with Gasteiger partial charge in [0, 0.05) is 0 Å². The highest BCUT2D eigenvalue weighted by Gasteiger charge is 2.32. The molecule has 0 spiro atoms. The van der Waals surface area contributed by atoms with E-state index in [1.807, 2.05) is 19.1 Å². The minimum Gasteiger partial charge on any atom is -0.115 e. The summed E-state index contributed by atoms with van der Waals surface area (Å²) in [6.45, 7) is 1.88. The molecule has 4 heteroatoms. The highest BCUT2D eigenvalue weighted by Crippen LogP contribution is 2.42. The zero-order valence-corrected chi connectivity index (χ0v) is 9.47. The number of allylic oxidation sites excluding steroid dienone is 4. The van der Waals surface area contributed by atoms with E-state index in [-0.39, 0.29) is 0 Å². The van der Waals surface area contributed by atoms with Gasteiger partial charge in [-0.1, -0.05) is 53.0 Å². The predicted molar refractivity (Wildman–Crippen MR) is 56.4 cm³/mol. The van der Waals surface area contributed by atoms with Crippen molar-refractivity contribution < 1.29 is 0 Å². The third kappa shape index (κ3) is 2.85. The second-order valence-electron chi connectivity index (χ2n) is 3.00. The first-order valence-electron chi connectivity index (χ1n) is 3.46. The molecule has 0 fully saturated rings. The van der Waals surface area contributed by atoms with Crippen LogP contribution < -0.4 is 0 Å². The van der Waals surface area contributed by atoms with Crippen molar-refractivity contribution in [1.82, 2.24) is 0 Å². The van der Waals surface area contributed by atoms with Crippen molar-refractivity contribution in [3.8, 4) is 0 Å². The molecular weight excluding hydrogens is 238 g/mol. The summed E-state index contributed by atoms with van der Waals surface area (Å²) in [7, 11) is 0. The van der Waals surface area contributed by atoms with Crippen LogP contribution in [0.3, 0.4) is 0 Å². The lowest BCUT2D eigenvalue weighted by molar-refractivity contribution is 0.739. The number of hydrogen-bond acceptors (Lipinski definition) is 0. The molecule has 0 aromatic carbocycles.